The van der Waals surface area contributed by atoms with Crippen LogP contribution in [0.1, 0.15) is 18.2 Å². The van der Waals surface area contributed by atoms with Crippen molar-refractivity contribution in [1.82, 2.24) is 25.1 Å². The van der Waals surface area contributed by atoms with E-state index in [1.165, 1.54) is 23.8 Å². The van der Waals surface area contributed by atoms with Gasteiger partial charge in [0.1, 0.15) is 11.6 Å². The maximum atomic E-state index is 13.2. The molecule has 2 amide bonds. The van der Waals surface area contributed by atoms with Gasteiger partial charge in [0.2, 0.25) is 0 Å². The van der Waals surface area contributed by atoms with Crippen LogP contribution in [0.25, 0.3) is 0 Å². The average Bonchev–Trinajstić information content (AvgIpc) is 2.89. The van der Waals surface area contributed by atoms with Gasteiger partial charge in [-0.2, -0.15) is 31.4 Å². The number of hydrogen-bond donors (Lipinski definition) is 3. The Bertz CT molecular complexity index is 1370. The first-order valence-corrected chi connectivity index (χ1v) is 12.0. The Kier molecular flexibility index (Phi) is 8.12. The van der Waals surface area contributed by atoms with Crippen molar-refractivity contribution >= 4 is 29.1 Å². The zero-order valence-electron chi connectivity index (χ0n) is 21.5. The number of fused-ring (bicyclic) bond motifs is 3. The standard InChI is InChI=1S/C22H24F6N8O5/c1-10(31-11-5-30-33-18(38)15(11)22(26,27)28)8-41-9-13(37)20(40)35-3-4-36-12(7-35)19(39)34(2)17-16(36)29-6-14(32-17)21(23,24)25/h5-6,10,12-13,37H,3-4,7-9H2,1-2H3,(H2,31,33,38)/t10-,12-,13-/m0/s1. The Morgan fingerprint density at radius 2 is 1.85 bits per heavy atom. The molecule has 1 fully saturated rings. The van der Waals surface area contributed by atoms with Gasteiger partial charge < -0.3 is 25.0 Å². The Balaban J connectivity index is 1.34. The van der Waals surface area contributed by atoms with Crippen molar-refractivity contribution in [3.63, 3.8) is 0 Å². The molecule has 2 aromatic heterocycles. The number of aromatic amines is 1. The lowest BCUT2D eigenvalue weighted by Gasteiger charge is -2.46. The van der Waals surface area contributed by atoms with E-state index in [0.717, 1.165) is 11.1 Å². The van der Waals surface area contributed by atoms with Gasteiger partial charge in [-0.3, -0.25) is 19.3 Å². The summed E-state index contributed by atoms with van der Waals surface area (Å²) < 4.78 is 84.1. The average molecular weight is 594 g/mol. The molecule has 2 aromatic rings. The second kappa shape index (κ2) is 11.1. The van der Waals surface area contributed by atoms with Crippen molar-refractivity contribution in [2.75, 3.05) is 55.0 Å². The number of nitrogens with zero attached hydrogens (tertiary/aromatic N) is 6. The van der Waals surface area contributed by atoms with Crippen LogP contribution in [0.4, 0.5) is 43.7 Å². The lowest BCUT2D eigenvalue weighted by atomic mass is 10.1. The number of alkyl halides is 6. The van der Waals surface area contributed by atoms with Crippen LogP contribution in [0.3, 0.4) is 0 Å². The third kappa shape index (κ3) is 6.19. The summed E-state index contributed by atoms with van der Waals surface area (Å²) in [6.07, 6.45) is -10.0. The van der Waals surface area contributed by atoms with E-state index in [0.29, 0.717) is 6.20 Å². The number of aromatic nitrogens is 4. The van der Waals surface area contributed by atoms with Crippen LogP contribution in [0.15, 0.2) is 17.2 Å². The lowest BCUT2D eigenvalue weighted by molar-refractivity contribution is -0.145. The summed E-state index contributed by atoms with van der Waals surface area (Å²) in [5, 5.41) is 17.9. The third-order valence-electron chi connectivity index (χ3n) is 6.39. The first kappa shape index (κ1) is 30.0. The van der Waals surface area contributed by atoms with Gasteiger partial charge >= 0.3 is 12.4 Å². The van der Waals surface area contributed by atoms with Crippen molar-refractivity contribution in [2.45, 2.75) is 37.5 Å². The van der Waals surface area contributed by atoms with E-state index in [9.17, 15) is 45.8 Å². The van der Waals surface area contributed by atoms with Crippen molar-refractivity contribution in [2.24, 2.45) is 0 Å². The quantitative estimate of drug-likeness (QED) is 0.385. The molecule has 224 valence electrons. The Labute approximate surface area is 227 Å². The van der Waals surface area contributed by atoms with Crippen molar-refractivity contribution < 1.29 is 45.8 Å². The fraction of sp³-hybridized carbons (Fsp3) is 0.545. The fourth-order valence-corrected chi connectivity index (χ4v) is 4.45. The molecule has 2 aliphatic rings. The molecular formula is C22H24F6N8O5. The molecule has 0 aliphatic carbocycles. The fourth-order valence-electron chi connectivity index (χ4n) is 4.45. The number of hydrogen-bond acceptors (Lipinski definition) is 10. The monoisotopic (exact) mass is 594 g/mol. The smallest absolute Gasteiger partial charge is 0.381 e. The van der Waals surface area contributed by atoms with Crippen molar-refractivity contribution in [3.05, 3.63) is 34.0 Å². The third-order valence-corrected chi connectivity index (χ3v) is 6.39. The number of piperazine rings is 1. The number of likely N-dealkylation sites (N-methyl/N-ethyl adjacent to an activating group) is 1. The van der Waals surface area contributed by atoms with Crippen LogP contribution in [0.2, 0.25) is 0 Å². The van der Waals surface area contributed by atoms with Gasteiger partial charge in [0.25, 0.3) is 17.4 Å². The zero-order valence-corrected chi connectivity index (χ0v) is 21.5. The highest BCUT2D eigenvalue weighted by Crippen LogP contribution is 2.37. The van der Waals surface area contributed by atoms with Gasteiger partial charge in [-0.25, -0.2) is 15.1 Å². The minimum Gasteiger partial charge on any atom is -0.381 e. The first-order valence-electron chi connectivity index (χ1n) is 12.0. The van der Waals surface area contributed by atoms with E-state index in [2.05, 4.69) is 20.4 Å². The largest absolute Gasteiger partial charge is 0.434 e. The Morgan fingerprint density at radius 1 is 1.15 bits per heavy atom. The van der Waals surface area contributed by atoms with Gasteiger partial charge in [-0.1, -0.05) is 0 Å². The molecule has 1 saturated heterocycles. The molecule has 0 spiro atoms. The lowest BCUT2D eigenvalue weighted by Crippen LogP contribution is -2.64. The second-order valence-corrected chi connectivity index (χ2v) is 9.38. The van der Waals surface area contributed by atoms with Gasteiger partial charge in [0, 0.05) is 26.2 Å². The molecule has 41 heavy (non-hydrogen) atoms. The molecule has 13 nitrogen and oxygen atoms in total. The van der Waals surface area contributed by atoms with Gasteiger partial charge in [0.05, 0.1) is 37.8 Å². The van der Waals surface area contributed by atoms with E-state index >= 15 is 0 Å². The number of aliphatic hydroxyl groups is 1. The van der Waals surface area contributed by atoms with Crippen LogP contribution >= 0.6 is 0 Å². The zero-order chi connectivity index (χ0) is 30.3. The SMILES string of the molecule is C[C@@H](COC[C@H](O)C(=O)N1CCN2c3ncc(C(F)(F)F)nc3N(C)C(=O)[C@@H]2C1)Nc1cn[nH]c(=O)c1C(F)(F)F. The molecule has 0 unspecified atom stereocenters. The normalized spacial score (nSPS) is 19.0. The molecule has 4 rings (SSSR count). The highest BCUT2D eigenvalue weighted by atomic mass is 19.4. The number of anilines is 3. The molecular weight excluding hydrogens is 570 g/mol. The highest BCUT2D eigenvalue weighted by molar-refractivity contribution is 6.04. The number of aliphatic hydroxyl groups excluding tert-OH is 1. The van der Waals surface area contributed by atoms with E-state index in [4.69, 9.17) is 4.74 Å². The summed E-state index contributed by atoms with van der Waals surface area (Å²) >= 11 is 0. The predicted molar refractivity (Wildman–Crippen MR) is 128 cm³/mol. The number of rotatable bonds is 7. The number of H-pyrrole nitrogens is 1. The van der Waals surface area contributed by atoms with Crippen LogP contribution in [0, 0.1) is 0 Å². The van der Waals surface area contributed by atoms with Crippen LogP contribution in [-0.2, 0) is 26.7 Å². The number of halogens is 6. The Hall–Kier alpha value is -4.00. The van der Waals surface area contributed by atoms with Gasteiger partial charge in [-0.15, -0.1) is 0 Å². The number of amides is 2. The summed E-state index contributed by atoms with van der Waals surface area (Å²) in [6.45, 7) is 0.469. The van der Waals surface area contributed by atoms with Crippen LogP contribution < -0.4 is 20.7 Å². The molecule has 3 atom stereocenters. The highest BCUT2D eigenvalue weighted by Gasteiger charge is 2.45. The van der Waals surface area contributed by atoms with Gasteiger partial charge in [-0.05, 0) is 6.92 Å². The van der Waals surface area contributed by atoms with E-state index < -0.39 is 71.5 Å². The van der Waals surface area contributed by atoms with Gasteiger partial charge in [0.15, 0.2) is 23.4 Å². The van der Waals surface area contributed by atoms with E-state index in [1.807, 2.05) is 0 Å². The van der Waals surface area contributed by atoms with E-state index in [1.54, 1.807) is 5.10 Å². The molecule has 4 heterocycles. The number of carbonyl (C=O) groups excluding carboxylic acids is 2. The number of carbonyl (C=O) groups is 2. The van der Waals surface area contributed by atoms with Crippen LogP contribution in [-0.4, -0.2) is 100 Å². The summed E-state index contributed by atoms with van der Waals surface area (Å²) in [6, 6.07) is -1.78. The summed E-state index contributed by atoms with van der Waals surface area (Å²) in [5.74, 6) is -1.63. The second-order valence-electron chi connectivity index (χ2n) is 9.38. The Morgan fingerprint density at radius 3 is 2.51 bits per heavy atom. The summed E-state index contributed by atoms with van der Waals surface area (Å²) in [4.78, 5) is 48.3. The first-order chi connectivity index (χ1) is 19.1. The molecule has 3 N–H and O–H groups in total. The molecule has 0 aromatic carbocycles. The number of ether oxygens (including phenoxy) is 1. The minimum absolute atomic E-state index is 0.000733. The molecule has 0 saturated carbocycles. The van der Waals surface area contributed by atoms with Crippen molar-refractivity contribution in [1.29, 1.82) is 0 Å². The number of nitrogens with one attached hydrogen (secondary N) is 2. The summed E-state index contributed by atoms with van der Waals surface area (Å²) in [5.41, 5.74) is -4.73. The van der Waals surface area contributed by atoms with E-state index in [-0.39, 0.29) is 37.9 Å². The maximum absolute atomic E-state index is 13.2. The predicted octanol–water partition coefficient (Wildman–Crippen LogP) is 0.469. The topological polar surface area (TPSA) is 157 Å². The van der Waals surface area contributed by atoms with Crippen molar-refractivity contribution in [3.8, 4) is 0 Å². The summed E-state index contributed by atoms with van der Waals surface area (Å²) in [7, 11) is 1.24. The minimum atomic E-state index is -4.94. The molecule has 2 aliphatic heterocycles. The maximum Gasteiger partial charge on any atom is 0.434 e. The van der Waals surface area contributed by atoms with Crippen LogP contribution in [0.5, 0.6) is 0 Å². The molecule has 0 radical (unpaired) electrons. The molecule has 0 bridgehead atoms. The molecule has 19 heteroatoms.